The SMILES string of the molecule is CCC(C)Oc1ccc(S(=O)(=O)N(C)C)cc1C(=O)O. The second-order valence-electron chi connectivity index (χ2n) is 4.59. The molecule has 1 aromatic carbocycles. The van der Waals surface area contributed by atoms with Crippen molar-refractivity contribution in [3.8, 4) is 5.75 Å². The highest BCUT2D eigenvalue weighted by molar-refractivity contribution is 7.89. The molecule has 0 aliphatic rings. The summed E-state index contributed by atoms with van der Waals surface area (Å²) < 4.78 is 30.5. The minimum Gasteiger partial charge on any atom is -0.490 e. The molecule has 0 saturated carbocycles. The first-order chi connectivity index (χ1) is 9.20. The predicted molar refractivity (Wildman–Crippen MR) is 74.7 cm³/mol. The molecule has 0 heterocycles. The maximum atomic E-state index is 12.0. The van der Waals surface area contributed by atoms with Crippen molar-refractivity contribution in [1.29, 1.82) is 0 Å². The van der Waals surface area contributed by atoms with Crippen LogP contribution in [0.15, 0.2) is 23.1 Å². The van der Waals surface area contributed by atoms with E-state index in [-0.39, 0.29) is 22.3 Å². The molecule has 0 fully saturated rings. The lowest BCUT2D eigenvalue weighted by Gasteiger charge is -2.16. The maximum absolute atomic E-state index is 12.0. The first-order valence-corrected chi connectivity index (χ1v) is 7.60. The van der Waals surface area contributed by atoms with Gasteiger partial charge in [-0.1, -0.05) is 6.92 Å². The van der Waals surface area contributed by atoms with Crippen LogP contribution in [-0.2, 0) is 10.0 Å². The molecule has 0 spiro atoms. The number of sulfonamides is 1. The number of hydrogen-bond donors (Lipinski definition) is 1. The quantitative estimate of drug-likeness (QED) is 0.866. The third kappa shape index (κ3) is 3.49. The molecule has 6 nitrogen and oxygen atoms in total. The van der Waals surface area contributed by atoms with E-state index >= 15 is 0 Å². The Morgan fingerprint density at radius 3 is 2.45 bits per heavy atom. The van der Waals surface area contributed by atoms with E-state index < -0.39 is 16.0 Å². The molecule has 112 valence electrons. The Labute approximate surface area is 119 Å². The number of carboxylic acids is 1. The molecule has 0 radical (unpaired) electrons. The van der Waals surface area contributed by atoms with Gasteiger partial charge in [-0.2, -0.15) is 0 Å². The number of carbonyl (C=O) groups is 1. The largest absolute Gasteiger partial charge is 0.490 e. The van der Waals surface area contributed by atoms with Crippen LogP contribution in [-0.4, -0.2) is 44.0 Å². The van der Waals surface area contributed by atoms with Gasteiger partial charge in [-0.05, 0) is 31.5 Å². The Balaban J connectivity index is 3.31. The van der Waals surface area contributed by atoms with Crippen LogP contribution in [0.1, 0.15) is 30.6 Å². The van der Waals surface area contributed by atoms with Crippen molar-refractivity contribution >= 4 is 16.0 Å². The smallest absolute Gasteiger partial charge is 0.339 e. The van der Waals surface area contributed by atoms with Gasteiger partial charge < -0.3 is 9.84 Å². The zero-order chi connectivity index (χ0) is 15.5. The van der Waals surface area contributed by atoms with E-state index in [4.69, 9.17) is 4.74 Å². The van der Waals surface area contributed by atoms with E-state index in [9.17, 15) is 18.3 Å². The van der Waals surface area contributed by atoms with Crippen molar-refractivity contribution in [3.63, 3.8) is 0 Å². The first kappa shape index (κ1) is 16.5. The molecule has 0 aliphatic carbocycles. The number of carboxylic acid groups (broad SMARTS) is 1. The summed E-state index contributed by atoms with van der Waals surface area (Å²) in [4.78, 5) is 11.2. The fourth-order valence-corrected chi connectivity index (χ4v) is 2.38. The average molecular weight is 301 g/mol. The third-order valence-corrected chi connectivity index (χ3v) is 4.67. The van der Waals surface area contributed by atoms with Gasteiger partial charge in [-0.15, -0.1) is 0 Å². The van der Waals surface area contributed by atoms with Gasteiger partial charge in [0.15, 0.2) is 0 Å². The Hall–Kier alpha value is -1.60. The van der Waals surface area contributed by atoms with Gasteiger partial charge in [0.2, 0.25) is 10.0 Å². The van der Waals surface area contributed by atoms with Gasteiger partial charge >= 0.3 is 5.97 Å². The summed E-state index contributed by atoms with van der Waals surface area (Å²) in [5, 5.41) is 9.19. The molecule has 1 rings (SSSR count). The molecule has 20 heavy (non-hydrogen) atoms. The monoisotopic (exact) mass is 301 g/mol. The van der Waals surface area contributed by atoms with E-state index in [0.717, 1.165) is 16.8 Å². The number of ether oxygens (including phenoxy) is 1. The number of benzene rings is 1. The van der Waals surface area contributed by atoms with Gasteiger partial charge in [0.05, 0.1) is 11.0 Å². The fourth-order valence-electron chi connectivity index (χ4n) is 1.45. The van der Waals surface area contributed by atoms with Crippen LogP contribution in [0.3, 0.4) is 0 Å². The van der Waals surface area contributed by atoms with Crippen molar-refractivity contribution < 1.29 is 23.1 Å². The second kappa shape index (κ2) is 6.23. The lowest BCUT2D eigenvalue weighted by atomic mass is 10.2. The molecule has 0 aromatic heterocycles. The van der Waals surface area contributed by atoms with Crippen molar-refractivity contribution in [1.82, 2.24) is 4.31 Å². The highest BCUT2D eigenvalue weighted by Crippen LogP contribution is 2.25. The number of rotatable bonds is 6. The maximum Gasteiger partial charge on any atom is 0.339 e. The summed E-state index contributed by atoms with van der Waals surface area (Å²) in [5.41, 5.74) is -0.159. The Morgan fingerprint density at radius 1 is 1.40 bits per heavy atom. The van der Waals surface area contributed by atoms with Crippen molar-refractivity contribution in [2.75, 3.05) is 14.1 Å². The standard InChI is InChI=1S/C13H19NO5S/c1-5-9(2)19-12-7-6-10(8-11(12)13(15)16)20(17,18)14(3)4/h6-9H,5H2,1-4H3,(H,15,16). The number of nitrogens with zero attached hydrogens (tertiary/aromatic N) is 1. The number of hydrogen-bond acceptors (Lipinski definition) is 4. The average Bonchev–Trinajstić information content (AvgIpc) is 2.38. The van der Waals surface area contributed by atoms with Crippen LogP contribution in [0.2, 0.25) is 0 Å². The van der Waals surface area contributed by atoms with E-state index in [1.165, 1.54) is 26.2 Å². The Kier molecular flexibility index (Phi) is 5.13. The molecule has 0 bridgehead atoms. The Bertz CT molecular complexity index is 595. The highest BCUT2D eigenvalue weighted by Gasteiger charge is 2.22. The highest BCUT2D eigenvalue weighted by atomic mass is 32.2. The summed E-state index contributed by atoms with van der Waals surface area (Å²) in [7, 11) is -0.893. The second-order valence-corrected chi connectivity index (χ2v) is 6.74. The summed E-state index contributed by atoms with van der Waals surface area (Å²) in [6.45, 7) is 3.73. The van der Waals surface area contributed by atoms with Crippen molar-refractivity contribution in [3.05, 3.63) is 23.8 Å². The molecule has 1 N–H and O–H groups in total. The summed E-state index contributed by atoms with van der Waals surface area (Å²) in [5.74, 6) is -1.05. The molecule has 0 aliphatic heterocycles. The van der Waals surface area contributed by atoms with Gasteiger partial charge in [0.1, 0.15) is 11.3 Å². The summed E-state index contributed by atoms with van der Waals surface area (Å²) in [6.07, 6.45) is 0.570. The van der Waals surface area contributed by atoms with Crippen LogP contribution in [0.4, 0.5) is 0 Å². The molecule has 1 aromatic rings. The molecule has 7 heteroatoms. The fraction of sp³-hybridized carbons (Fsp3) is 0.462. The minimum absolute atomic E-state index is 0.0728. The summed E-state index contributed by atoms with van der Waals surface area (Å²) in [6, 6.07) is 3.85. The lowest BCUT2D eigenvalue weighted by molar-refractivity contribution is 0.0689. The molecule has 0 amide bonds. The lowest BCUT2D eigenvalue weighted by Crippen LogP contribution is -2.22. The van der Waals surface area contributed by atoms with Crippen molar-refractivity contribution in [2.24, 2.45) is 0 Å². The normalized spacial score (nSPS) is 13.2. The Morgan fingerprint density at radius 2 is 2.00 bits per heavy atom. The molecule has 0 saturated heterocycles. The van der Waals surface area contributed by atoms with Gasteiger partial charge in [-0.25, -0.2) is 17.5 Å². The zero-order valence-corrected chi connectivity index (χ0v) is 12.8. The minimum atomic E-state index is -3.67. The number of aromatic carboxylic acids is 1. The van der Waals surface area contributed by atoms with Gasteiger partial charge in [-0.3, -0.25) is 0 Å². The molecule has 1 atom stereocenters. The summed E-state index contributed by atoms with van der Waals surface area (Å²) >= 11 is 0. The zero-order valence-electron chi connectivity index (χ0n) is 12.0. The van der Waals surface area contributed by atoms with E-state index in [2.05, 4.69) is 0 Å². The van der Waals surface area contributed by atoms with Crippen LogP contribution in [0, 0.1) is 0 Å². The molecular weight excluding hydrogens is 282 g/mol. The van der Waals surface area contributed by atoms with Crippen LogP contribution in [0.25, 0.3) is 0 Å². The van der Waals surface area contributed by atoms with Crippen molar-refractivity contribution in [2.45, 2.75) is 31.3 Å². The van der Waals surface area contributed by atoms with Crippen LogP contribution < -0.4 is 4.74 Å². The van der Waals surface area contributed by atoms with Gasteiger partial charge in [0, 0.05) is 14.1 Å². The predicted octanol–water partition coefficient (Wildman–Crippen LogP) is 1.81. The van der Waals surface area contributed by atoms with E-state index in [1.807, 2.05) is 13.8 Å². The van der Waals surface area contributed by atoms with E-state index in [1.54, 1.807) is 0 Å². The first-order valence-electron chi connectivity index (χ1n) is 6.16. The van der Waals surface area contributed by atoms with E-state index in [0.29, 0.717) is 0 Å². The third-order valence-electron chi connectivity index (χ3n) is 2.86. The van der Waals surface area contributed by atoms with Crippen LogP contribution in [0.5, 0.6) is 5.75 Å². The van der Waals surface area contributed by atoms with Gasteiger partial charge in [0.25, 0.3) is 0 Å². The topological polar surface area (TPSA) is 83.9 Å². The molecular formula is C13H19NO5S. The van der Waals surface area contributed by atoms with Crippen LogP contribution >= 0.6 is 0 Å². The molecule has 1 unspecified atom stereocenters.